The van der Waals surface area contributed by atoms with Crippen LogP contribution in [0.25, 0.3) is 0 Å². The Hall–Kier alpha value is -3.54. The van der Waals surface area contributed by atoms with E-state index in [1.54, 1.807) is 0 Å². The number of nitrogens with zero attached hydrogens (tertiary/aromatic N) is 2. The summed E-state index contributed by atoms with van der Waals surface area (Å²) in [6.45, 7) is 0.225. The highest BCUT2D eigenvalue weighted by molar-refractivity contribution is 5.99. The Morgan fingerprint density at radius 2 is 1.65 bits per heavy atom. The molecular formula is C22H20F5N3O4. The van der Waals surface area contributed by atoms with Gasteiger partial charge in [0, 0.05) is 24.7 Å². The molecule has 182 valence electrons. The fourth-order valence-electron chi connectivity index (χ4n) is 3.22. The van der Waals surface area contributed by atoms with Crippen molar-refractivity contribution in [2.75, 3.05) is 37.7 Å². The number of halogens is 5. The number of carbonyl (C=O) groups is 3. The molecule has 0 spiro atoms. The van der Waals surface area contributed by atoms with Gasteiger partial charge in [0.05, 0.1) is 32.0 Å². The van der Waals surface area contributed by atoms with Crippen molar-refractivity contribution in [1.82, 2.24) is 10.2 Å². The quantitative estimate of drug-likeness (QED) is 0.503. The lowest BCUT2D eigenvalue weighted by atomic mass is 10.1. The summed E-state index contributed by atoms with van der Waals surface area (Å²) < 4.78 is 69.9. The highest BCUT2D eigenvalue weighted by atomic mass is 19.4. The summed E-state index contributed by atoms with van der Waals surface area (Å²) in [5.41, 5.74) is 0.361. The molecular weight excluding hydrogens is 465 g/mol. The Morgan fingerprint density at radius 3 is 2.24 bits per heavy atom. The van der Waals surface area contributed by atoms with Crippen molar-refractivity contribution in [2.45, 2.75) is 12.7 Å². The van der Waals surface area contributed by atoms with Gasteiger partial charge in [-0.2, -0.15) is 13.2 Å². The minimum atomic E-state index is -5.10. The molecule has 1 saturated heterocycles. The minimum Gasteiger partial charge on any atom is -0.378 e. The van der Waals surface area contributed by atoms with E-state index in [0.29, 0.717) is 24.8 Å². The van der Waals surface area contributed by atoms with Gasteiger partial charge in [0.2, 0.25) is 0 Å². The number of hydrogen-bond donors (Lipinski definition) is 1. The van der Waals surface area contributed by atoms with Crippen molar-refractivity contribution in [2.24, 2.45) is 0 Å². The van der Waals surface area contributed by atoms with E-state index in [4.69, 9.17) is 4.74 Å². The van der Waals surface area contributed by atoms with Gasteiger partial charge in [0.1, 0.15) is 11.6 Å². The predicted molar refractivity (Wildman–Crippen MR) is 110 cm³/mol. The molecule has 0 bridgehead atoms. The first kappa shape index (κ1) is 25.1. The molecule has 1 heterocycles. The maximum absolute atomic E-state index is 14.5. The Balaban J connectivity index is 1.76. The van der Waals surface area contributed by atoms with Crippen LogP contribution in [0.4, 0.5) is 32.4 Å². The number of alkyl halides is 3. The van der Waals surface area contributed by atoms with Crippen LogP contribution in [-0.2, 0) is 16.1 Å². The number of amides is 3. The molecule has 0 atom stereocenters. The zero-order chi connectivity index (χ0) is 24.9. The van der Waals surface area contributed by atoms with Crippen LogP contribution in [0.3, 0.4) is 0 Å². The SMILES string of the molecule is O=C(CNC(=O)C(F)(F)F)c1ccc(CN(C(=O)N2CCOCC2)c2ccc(F)cc2F)cc1. The molecule has 0 aromatic heterocycles. The zero-order valence-electron chi connectivity index (χ0n) is 17.7. The number of ether oxygens (including phenoxy) is 1. The lowest BCUT2D eigenvalue weighted by Crippen LogP contribution is -2.48. The first-order valence-electron chi connectivity index (χ1n) is 10.1. The lowest BCUT2D eigenvalue weighted by molar-refractivity contribution is -0.173. The van der Waals surface area contributed by atoms with Crippen molar-refractivity contribution >= 4 is 23.4 Å². The molecule has 3 amide bonds. The Labute approximate surface area is 191 Å². The normalized spacial score (nSPS) is 14.0. The molecule has 0 unspecified atom stereocenters. The van der Waals surface area contributed by atoms with E-state index in [0.717, 1.165) is 17.0 Å². The van der Waals surface area contributed by atoms with E-state index in [9.17, 15) is 36.3 Å². The monoisotopic (exact) mass is 485 g/mol. The maximum atomic E-state index is 14.5. The fraction of sp³-hybridized carbons (Fsp3) is 0.318. The molecule has 1 aliphatic heterocycles. The van der Waals surface area contributed by atoms with E-state index < -0.39 is 42.1 Å². The summed E-state index contributed by atoms with van der Waals surface area (Å²) in [6.07, 6.45) is -5.10. The minimum absolute atomic E-state index is 0.0326. The van der Waals surface area contributed by atoms with E-state index in [1.807, 2.05) is 0 Å². The van der Waals surface area contributed by atoms with Gasteiger partial charge in [-0.3, -0.25) is 14.5 Å². The summed E-state index contributed by atoms with van der Waals surface area (Å²) >= 11 is 0. The van der Waals surface area contributed by atoms with Crippen LogP contribution in [0, 0.1) is 11.6 Å². The third-order valence-corrected chi connectivity index (χ3v) is 5.00. The topological polar surface area (TPSA) is 79.0 Å². The number of nitrogens with one attached hydrogen (secondary N) is 1. The van der Waals surface area contributed by atoms with E-state index >= 15 is 0 Å². The molecule has 0 radical (unpaired) electrons. The van der Waals surface area contributed by atoms with Crippen LogP contribution in [0.1, 0.15) is 15.9 Å². The van der Waals surface area contributed by atoms with E-state index in [1.165, 1.54) is 34.5 Å². The van der Waals surface area contributed by atoms with Crippen LogP contribution < -0.4 is 10.2 Å². The standard InChI is InChI=1S/C22H20F5N3O4/c23-16-5-6-18(17(24)11-16)30(21(33)29-7-9-34-10-8-29)13-14-1-3-15(4-2-14)19(31)12-28-20(32)22(25,26)27/h1-6,11H,7-10,12-13H2,(H,28,32). The highest BCUT2D eigenvalue weighted by Crippen LogP contribution is 2.24. The largest absolute Gasteiger partial charge is 0.471 e. The molecule has 3 rings (SSSR count). The van der Waals surface area contributed by atoms with E-state index in [2.05, 4.69) is 0 Å². The summed E-state index contributed by atoms with van der Waals surface area (Å²) in [6, 6.07) is 7.82. The van der Waals surface area contributed by atoms with Crippen LogP contribution >= 0.6 is 0 Å². The lowest BCUT2D eigenvalue weighted by Gasteiger charge is -2.33. The highest BCUT2D eigenvalue weighted by Gasteiger charge is 2.38. The summed E-state index contributed by atoms with van der Waals surface area (Å²) in [5.74, 6) is -4.72. The molecule has 34 heavy (non-hydrogen) atoms. The average Bonchev–Trinajstić information content (AvgIpc) is 2.81. The fourth-order valence-corrected chi connectivity index (χ4v) is 3.22. The Kier molecular flexibility index (Phi) is 7.82. The van der Waals surface area contributed by atoms with Crippen LogP contribution in [0.15, 0.2) is 42.5 Å². The van der Waals surface area contributed by atoms with Gasteiger partial charge in [-0.05, 0) is 17.7 Å². The summed E-state index contributed by atoms with van der Waals surface area (Å²) in [5, 5.41) is 1.50. The second-order valence-corrected chi connectivity index (χ2v) is 7.36. The third kappa shape index (κ3) is 6.28. The Morgan fingerprint density at radius 1 is 1.00 bits per heavy atom. The maximum Gasteiger partial charge on any atom is 0.471 e. The van der Waals surface area contributed by atoms with Gasteiger partial charge in [-0.1, -0.05) is 24.3 Å². The number of Topliss-reactive ketones (excluding diaryl/α,β-unsaturated/α-hetero) is 1. The van der Waals surface area contributed by atoms with Crippen LogP contribution in [0.5, 0.6) is 0 Å². The number of ketones is 1. The van der Waals surface area contributed by atoms with Gasteiger partial charge in [0.25, 0.3) is 0 Å². The van der Waals surface area contributed by atoms with Crippen molar-refractivity contribution in [3.8, 4) is 0 Å². The second kappa shape index (κ2) is 10.6. The number of hydrogen-bond acceptors (Lipinski definition) is 4. The molecule has 1 N–H and O–H groups in total. The van der Waals surface area contributed by atoms with Crippen molar-refractivity contribution in [3.63, 3.8) is 0 Å². The smallest absolute Gasteiger partial charge is 0.378 e. The molecule has 12 heteroatoms. The summed E-state index contributed by atoms with van der Waals surface area (Å²) in [7, 11) is 0. The first-order chi connectivity index (χ1) is 16.1. The number of benzene rings is 2. The predicted octanol–water partition coefficient (Wildman–Crippen LogP) is 3.28. The average molecular weight is 485 g/mol. The van der Waals surface area contributed by atoms with Crippen molar-refractivity contribution in [1.29, 1.82) is 0 Å². The van der Waals surface area contributed by atoms with E-state index in [-0.39, 0.29) is 30.9 Å². The molecule has 2 aromatic rings. The van der Waals surface area contributed by atoms with Crippen molar-refractivity contribution < 1.29 is 41.1 Å². The molecule has 1 fully saturated rings. The molecule has 7 nitrogen and oxygen atoms in total. The van der Waals surface area contributed by atoms with Gasteiger partial charge in [-0.15, -0.1) is 0 Å². The number of rotatable bonds is 6. The Bertz CT molecular complexity index is 1050. The number of carbonyl (C=O) groups excluding carboxylic acids is 3. The van der Waals surface area contributed by atoms with Crippen molar-refractivity contribution in [3.05, 3.63) is 65.2 Å². The van der Waals surface area contributed by atoms with Gasteiger partial charge in [-0.25, -0.2) is 13.6 Å². The number of morpholine rings is 1. The number of urea groups is 1. The second-order valence-electron chi connectivity index (χ2n) is 7.36. The third-order valence-electron chi connectivity index (χ3n) is 5.00. The summed E-state index contributed by atoms with van der Waals surface area (Å²) in [4.78, 5) is 38.6. The van der Waals surface area contributed by atoms with Gasteiger partial charge in [0.15, 0.2) is 5.78 Å². The number of anilines is 1. The molecule has 0 saturated carbocycles. The van der Waals surface area contributed by atoms with Gasteiger partial charge >= 0.3 is 18.1 Å². The van der Waals surface area contributed by atoms with Gasteiger partial charge < -0.3 is 15.0 Å². The molecule has 1 aliphatic rings. The molecule has 2 aromatic carbocycles. The van der Waals surface area contributed by atoms with Crippen LogP contribution in [0.2, 0.25) is 0 Å². The first-order valence-corrected chi connectivity index (χ1v) is 10.1. The van der Waals surface area contributed by atoms with Crippen LogP contribution in [-0.4, -0.2) is 61.6 Å². The zero-order valence-corrected chi connectivity index (χ0v) is 17.7. The molecule has 0 aliphatic carbocycles.